The Hall–Kier alpha value is -1.58. The smallest absolute Gasteiger partial charge is 0.138 e. The Bertz CT molecular complexity index is 959. The fraction of sp³-hybridized carbons (Fsp3) is 0.143. The van der Waals surface area contributed by atoms with Gasteiger partial charge in [0.1, 0.15) is 12.4 Å². The second kappa shape index (κ2) is 9.07. The van der Waals surface area contributed by atoms with Gasteiger partial charge in [0.25, 0.3) is 0 Å². The summed E-state index contributed by atoms with van der Waals surface area (Å²) in [5.41, 5.74) is 4.01. The Morgan fingerprint density at radius 2 is 1.56 bits per heavy atom. The number of benzene rings is 3. The van der Waals surface area contributed by atoms with Crippen LogP contribution in [0, 0.1) is 6.92 Å². The largest absolute Gasteiger partial charge is 0.487 e. The maximum Gasteiger partial charge on any atom is 0.138 e. The van der Waals surface area contributed by atoms with Crippen LogP contribution in [0.1, 0.15) is 16.7 Å². The van der Waals surface area contributed by atoms with Gasteiger partial charge < -0.3 is 10.1 Å². The summed E-state index contributed by atoms with van der Waals surface area (Å²) in [6.07, 6.45) is 0. The number of rotatable bonds is 6. The van der Waals surface area contributed by atoms with Gasteiger partial charge in [-0.15, -0.1) is 0 Å². The third-order valence-electron chi connectivity index (χ3n) is 4.08. The van der Waals surface area contributed by atoms with Crippen LogP contribution >= 0.6 is 46.4 Å². The number of anilines is 1. The van der Waals surface area contributed by atoms with Crippen molar-refractivity contribution >= 4 is 52.1 Å². The molecule has 0 fully saturated rings. The van der Waals surface area contributed by atoms with Gasteiger partial charge in [0.15, 0.2) is 0 Å². The van der Waals surface area contributed by atoms with Crippen LogP contribution in [0.3, 0.4) is 0 Å². The van der Waals surface area contributed by atoms with Gasteiger partial charge >= 0.3 is 0 Å². The molecular weight excluding hydrogens is 424 g/mol. The summed E-state index contributed by atoms with van der Waals surface area (Å²) in [6, 6.07) is 16.8. The van der Waals surface area contributed by atoms with Crippen LogP contribution in [-0.2, 0) is 13.2 Å². The minimum absolute atomic E-state index is 0.315. The molecule has 0 saturated heterocycles. The lowest BCUT2D eigenvalue weighted by Crippen LogP contribution is -2.02. The lowest BCUT2D eigenvalue weighted by molar-refractivity contribution is 0.306. The standard InChI is InChI=1S/C21H17Cl4NO/c1-13-2-5-17(23)10-20(13)26-11-14-3-7-21(19(25)8-14)27-12-15-4-6-16(22)9-18(15)24/h2-10,26H,11-12H2,1H3. The summed E-state index contributed by atoms with van der Waals surface area (Å²) in [4.78, 5) is 0. The Balaban J connectivity index is 1.64. The molecule has 0 aliphatic carbocycles. The molecule has 1 N–H and O–H groups in total. The van der Waals surface area contributed by atoms with Gasteiger partial charge in [-0.25, -0.2) is 0 Å². The van der Waals surface area contributed by atoms with E-state index >= 15 is 0 Å². The molecule has 0 bridgehead atoms. The zero-order valence-corrected chi connectivity index (χ0v) is 17.6. The van der Waals surface area contributed by atoms with Crippen molar-refractivity contribution in [2.45, 2.75) is 20.1 Å². The molecular formula is C21H17Cl4NO. The zero-order chi connectivity index (χ0) is 19.4. The van der Waals surface area contributed by atoms with Crippen molar-refractivity contribution < 1.29 is 4.74 Å². The molecule has 2 nitrogen and oxygen atoms in total. The van der Waals surface area contributed by atoms with Crippen LogP contribution in [0.2, 0.25) is 20.1 Å². The number of halogens is 4. The number of hydrogen-bond acceptors (Lipinski definition) is 2. The molecule has 0 unspecified atom stereocenters. The molecule has 0 radical (unpaired) electrons. The summed E-state index contributed by atoms with van der Waals surface area (Å²) >= 11 is 24.5. The minimum Gasteiger partial charge on any atom is -0.487 e. The zero-order valence-electron chi connectivity index (χ0n) is 14.5. The summed E-state index contributed by atoms with van der Waals surface area (Å²) < 4.78 is 5.80. The van der Waals surface area contributed by atoms with Crippen LogP contribution in [0.25, 0.3) is 0 Å². The maximum absolute atomic E-state index is 6.37. The molecule has 140 valence electrons. The number of nitrogens with one attached hydrogen (secondary N) is 1. The minimum atomic E-state index is 0.315. The van der Waals surface area contributed by atoms with Crippen molar-refractivity contribution in [3.63, 3.8) is 0 Å². The SMILES string of the molecule is Cc1ccc(Cl)cc1NCc1ccc(OCc2ccc(Cl)cc2Cl)c(Cl)c1. The Morgan fingerprint density at radius 1 is 0.815 bits per heavy atom. The molecule has 0 spiro atoms. The van der Waals surface area contributed by atoms with Crippen LogP contribution in [0.5, 0.6) is 5.75 Å². The van der Waals surface area contributed by atoms with E-state index < -0.39 is 0 Å². The third kappa shape index (κ3) is 5.46. The van der Waals surface area contributed by atoms with Crippen molar-refractivity contribution in [3.8, 4) is 5.75 Å². The highest BCUT2D eigenvalue weighted by molar-refractivity contribution is 6.35. The molecule has 0 amide bonds. The van der Waals surface area contributed by atoms with E-state index in [1.807, 2.05) is 49.4 Å². The normalized spacial score (nSPS) is 10.7. The third-order valence-corrected chi connectivity index (χ3v) is 5.19. The van der Waals surface area contributed by atoms with Gasteiger partial charge in [0, 0.05) is 32.9 Å². The molecule has 0 aliphatic rings. The van der Waals surface area contributed by atoms with Crippen LogP contribution < -0.4 is 10.1 Å². The van der Waals surface area contributed by atoms with E-state index in [4.69, 9.17) is 51.1 Å². The average Bonchev–Trinajstić information content (AvgIpc) is 2.63. The van der Waals surface area contributed by atoms with E-state index in [1.165, 1.54) is 0 Å². The molecule has 0 aliphatic heterocycles. The Morgan fingerprint density at radius 3 is 2.30 bits per heavy atom. The van der Waals surface area contributed by atoms with Gasteiger partial charge in [0.05, 0.1) is 5.02 Å². The maximum atomic E-state index is 6.37. The number of ether oxygens (including phenoxy) is 1. The van der Waals surface area contributed by atoms with Crippen molar-refractivity contribution in [3.05, 3.63) is 91.4 Å². The van der Waals surface area contributed by atoms with Gasteiger partial charge in [-0.1, -0.05) is 64.6 Å². The second-order valence-corrected chi connectivity index (χ2v) is 7.79. The lowest BCUT2D eigenvalue weighted by Gasteiger charge is -2.13. The van der Waals surface area contributed by atoms with E-state index in [2.05, 4.69) is 5.32 Å². The summed E-state index contributed by atoms with van der Waals surface area (Å²) in [5, 5.41) is 5.77. The molecule has 0 saturated carbocycles. The fourth-order valence-electron chi connectivity index (χ4n) is 2.55. The van der Waals surface area contributed by atoms with Crippen molar-refractivity contribution in [2.24, 2.45) is 0 Å². The predicted molar refractivity (Wildman–Crippen MR) is 116 cm³/mol. The highest BCUT2D eigenvalue weighted by atomic mass is 35.5. The molecule has 3 aromatic rings. The average molecular weight is 441 g/mol. The van der Waals surface area contributed by atoms with Gasteiger partial charge in [-0.3, -0.25) is 0 Å². The molecule has 27 heavy (non-hydrogen) atoms. The first kappa shape index (κ1) is 20.2. The van der Waals surface area contributed by atoms with Crippen LogP contribution in [0.15, 0.2) is 54.6 Å². The van der Waals surface area contributed by atoms with E-state index in [0.717, 1.165) is 22.4 Å². The van der Waals surface area contributed by atoms with Crippen molar-refractivity contribution in [1.29, 1.82) is 0 Å². The first-order valence-electron chi connectivity index (χ1n) is 8.27. The van der Waals surface area contributed by atoms with Gasteiger partial charge in [-0.2, -0.15) is 0 Å². The molecule has 3 rings (SSSR count). The monoisotopic (exact) mass is 439 g/mol. The highest BCUT2D eigenvalue weighted by Crippen LogP contribution is 2.29. The number of hydrogen-bond donors (Lipinski definition) is 1. The van der Waals surface area contributed by atoms with E-state index in [1.54, 1.807) is 12.1 Å². The Kier molecular flexibility index (Phi) is 6.78. The van der Waals surface area contributed by atoms with Crippen molar-refractivity contribution in [1.82, 2.24) is 0 Å². The first-order valence-corrected chi connectivity index (χ1v) is 9.79. The van der Waals surface area contributed by atoms with E-state index in [9.17, 15) is 0 Å². The van der Waals surface area contributed by atoms with E-state index in [0.29, 0.717) is 39.0 Å². The molecule has 0 atom stereocenters. The van der Waals surface area contributed by atoms with Gasteiger partial charge in [0.2, 0.25) is 0 Å². The molecule has 0 heterocycles. The molecule has 6 heteroatoms. The predicted octanol–water partition coefficient (Wildman–Crippen LogP) is 7.80. The second-order valence-electron chi connectivity index (χ2n) is 6.10. The first-order chi connectivity index (χ1) is 12.9. The lowest BCUT2D eigenvalue weighted by atomic mass is 10.1. The van der Waals surface area contributed by atoms with Crippen molar-refractivity contribution in [2.75, 3.05) is 5.32 Å². The molecule has 3 aromatic carbocycles. The summed E-state index contributed by atoms with van der Waals surface area (Å²) in [7, 11) is 0. The quantitative estimate of drug-likeness (QED) is 0.422. The molecule has 0 aromatic heterocycles. The number of aryl methyl sites for hydroxylation is 1. The van der Waals surface area contributed by atoms with E-state index in [-0.39, 0.29) is 0 Å². The van der Waals surface area contributed by atoms with Crippen LogP contribution in [0.4, 0.5) is 5.69 Å². The fourth-order valence-corrected chi connectivity index (χ4v) is 3.44. The topological polar surface area (TPSA) is 21.3 Å². The van der Waals surface area contributed by atoms with Crippen LogP contribution in [-0.4, -0.2) is 0 Å². The summed E-state index contributed by atoms with van der Waals surface area (Å²) in [5.74, 6) is 0.602. The summed E-state index contributed by atoms with van der Waals surface area (Å²) in [6.45, 7) is 2.98. The Labute approximate surface area is 179 Å². The van der Waals surface area contributed by atoms with Gasteiger partial charge in [-0.05, 0) is 54.4 Å². The highest BCUT2D eigenvalue weighted by Gasteiger charge is 2.07.